The van der Waals surface area contributed by atoms with Gasteiger partial charge in [-0.2, -0.15) is 0 Å². The second kappa shape index (κ2) is 7.00. The summed E-state index contributed by atoms with van der Waals surface area (Å²) in [7, 11) is 0. The first-order valence-corrected chi connectivity index (χ1v) is 5.26. The quantitative estimate of drug-likeness (QED) is 0.575. The van der Waals surface area contributed by atoms with Gasteiger partial charge in [-0.3, -0.25) is 0 Å². The summed E-state index contributed by atoms with van der Waals surface area (Å²) in [6.45, 7) is 3.33. The van der Waals surface area contributed by atoms with Crippen molar-refractivity contribution in [1.29, 1.82) is 0 Å². The Hall–Kier alpha value is -1.36. The number of aliphatic hydroxyl groups is 1. The van der Waals surface area contributed by atoms with Gasteiger partial charge in [-0.15, -0.1) is 0 Å². The van der Waals surface area contributed by atoms with Crippen LogP contribution in [0.1, 0.15) is 39.5 Å². The van der Waals surface area contributed by atoms with E-state index in [9.17, 15) is 9.59 Å². The third kappa shape index (κ3) is 4.93. The van der Waals surface area contributed by atoms with Crippen molar-refractivity contribution in [1.82, 2.24) is 0 Å². The average Bonchev–Trinajstić information content (AvgIpc) is 2.15. The predicted octanol–water partition coefficient (Wildman–Crippen LogP) is 1.41. The zero-order chi connectivity index (χ0) is 12.7. The molecule has 0 heterocycles. The van der Waals surface area contributed by atoms with Gasteiger partial charge in [0.05, 0.1) is 6.10 Å². The third-order valence-corrected chi connectivity index (χ3v) is 2.16. The first-order valence-electron chi connectivity index (χ1n) is 5.26. The van der Waals surface area contributed by atoms with Gasteiger partial charge in [0.2, 0.25) is 0 Å². The van der Waals surface area contributed by atoms with Crippen LogP contribution in [0.15, 0.2) is 11.1 Å². The van der Waals surface area contributed by atoms with Crippen molar-refractivity contribution < 1.29 is 24.9 Å². The molecule has 1 atom stereocenters. The minimum absolute atomic E-state index is 0.102. The van der Waals surface area contributed by atoms with Gasteiger partial charge in [-0.05, 0) is 19.8 Å². The van der Waals surface area contributed by atoms with Crippen LogP contribution in [0, 0.1) is 0 Å². The van der Waals surface area contributed by atoms with Crippen molar-refractivity contribution in [3.8, 4) is 0 Å². The van der Waals surface area contributed by atoms with Gasteiger partial charge in [-0.1, -0.05) is 13.3 Å². The third-order valence-electron chi connectivity index (χ3n) is 2.16. The van der Waals surface area contributed by atoms with Crippen LogP contribution in [-0.4, -0.2) is 33.4 Å². The van der Waals surface area contributed by atoms with Crippen LogP contribution < -0.4 is 0 Å². The molecule has 1 unspecified atom stereocenters. The maximum atomic E-state index is 10.9. The number of aliphatic carboxylic acids is 2. The van der Waals surface area contributed by atoms with Crippen LogP contribution in [-0.2, 0) is 9.59 Å². The maximum Gasteiger partial charge on any atom is 0.332 e. The summed E-state index contributed by atoms with van der Waals surface area (Å²) in [6.07, 6.45) is 0.638. The molecule has 0 aliphatic rings. The molecule has 0 rings (SSSR count). The Morgan fingerprint density at radius 2 is 1.62 bits per heavy atom. The molecule has 5 nitrogen and oxygen atoms in total. The number of hydrogen-bond acceptors (Lipinski definition) is 3. The molecule has 92 valence electrons. The van der Waals surface area contributed by atoms with Crippen molar-refractivity contribution in [3.05, 3.63) is 11.1 Å². The molecule has 0 saturated carbocycles. The molecule has 0 fully saturated rings. The van der Waals surface area contributed by atoms with Crippen LogP contribution >= 0.6 is 0 Å². The number of aliphatic hydroxyl groups excluding tert-OH is 1. The van der Waals surface area contributed by atoms with Gasteiger partial charge in [0, 0.05) is 17.6 Å². The lowest BCUT2D eigenvalue weighted by Gasteiger charge is -2.10. The summed E-state index contributed by atoms with van der Waals surface area (Å²) in [4.78, 5) is 21.8. The minimum atomic E-state index is -1.27. The lowest BCUT2D eigenvalue weighted by atomic mass is 9.98. The van der Waals surface area contributed by atoms with Crippen LogP contribution in [0.5, 0.6) is 0 Å². The zero-order valence-corrected chi connectivity index (χ0v) is 9.56. The van der Waals surface area contributed by atoms with Gasteiger partial charge in [-0.25, -0.2) is 9.59 Å². The van der Waals surface area contributed by atoms with Gasteiger partial charge in [0.25, 0.3) is 0 Å². The molecule has 5 heteroatoms. The summed E-state index contributed by atoms with van der Waals surface area (Å²) >= 11 is 0. The van der Waals surface area contributed by atoms with E-state index in [1.807, 2.05) is 6.92 Å². The first kappa shape index (κ1) is 14.6. The monoisotopic (exact) mass is 230 g/mol. The zero-order valence-electron chi connectivity index (χ0n) is 9.56. The summed E-state index contributed by atoms with van der Waals surface area (Å²) in [5.41, 5.74) is -0.300. The topological polar surface area (TPSA) is 94.8 Å². The molecular formula is C11H18O5. The van der Waals surface area contributed by atoms with Crippen molar-refractivity contribution in [2.75, 3.05) is 0 Å². The Morgan fingerprint density at radius 1 is 1.12 bits per heavy atom. The van der Waals surface area contributed by atoms with E-state index in [2.05, 4.69) is 0 Å². The highest BCUT2D eigenvalue weighted by molar-refractivity contribution is 5.98. The van der Waals surface area contributed by atoms with Crippen LogP contribution in [0.2, 0.25) is 0 Å². The fourth-order valence-corrected chi connectivity index (χ4v) is 1.38. The fourth-order valence-electron chi connectivity index (χ4n) is 1.38. The molecule has 0 saturated heterocycles. The van der Waals surface area contributed by atoms with Crippen molar-refractivity contribution in [2.45, 2.75) is 45.6 Å². The molecule has 0 aliphatic heterocycles. The van der Waals surface area contributed by atoms with E-state index < -0.39 is 18.0 Å². The number of hydrogen-bond donors (Lipinski definition) is 3. The Balaban J connectivity index is 5.09. The van der Waals surface area contributed by atoms with Crippen molar-refractivity contribution in [3.63, 3.8) is 0 Å². The van der Waals surface area contributed by atoms with E-state index in [0.29, 0.717) is 6.42 Å². The van der Waals surface area contributed by atoms with Crippen molar-refractivity contribution >= 4 is 11.9 Å². The first-order chi connectivity index (χ1) is 7.40. The molecule has 0 aromatic carbocycles. The number of rotatable bonds is 7. The molecule has 16 heavy (non-hydrogen) atoms. The van der Waals surface area contributed by atoms with Gasteiger partial charge < -0.3 is 15.3 Å². The van der Waals surface area contributed by atoms with Gasteiger partial charge in [0.1, 0.15) is 0 Å². The second-order valence-electron chi connectivity index (χ2n) is 3.72. The molecule has 0 radical (unpaired) electrons. The number of unbranched alkanes of at least 4 members (excludes halogenated alkanes) is 1. The minimum Gasteiger partial charge on any atom is -0.478 e. The van der Waals surface area contributed by atoms with E-state index in [4.69, 9.17) is 15.3 Å². The molecule has 0 spiro atoms. The Morgan fingerprint density at radius 3 is 1.94 bits per heavy atom. The average molecular weight is 230 g/mol. The van der Waals surface area contributed by atoms with E-state index in [1.165, 1.54) is 6.92 Å². The summed E-state index contributed by atoms with van der Waals surface area (Å²) in [6, 6.07) is 0. The fraction of sp³-hybridized carbons (Fsp3) is 0.636. The van der Waals surface area contributed by atoms with Gasteiger partial charge >= 0.3 is 11.9 Å². The van der Waals surface area contributed by atoms with Crippen LogP contribution in [0.4, 0.5) is 0 Å². The van der Waals surface area contributed by atoms with E-state index in [1.54, 1.807) is 0 Å². The highest BCUT2D eigenvalue weighted by atomic mass is 16.4. The maximum absolute atomic E-state index is 10.9. The molecule has 0 aromatic heterocycles. The number of carboxylic acids is 2. The SMILES string of the molecule is CCCC/C(C(=O)O)=C(\CC(C)O)C(=O)O. The standard InChI is InChI=1S/C11H18O5/c1-3-4-5-8(10(13)14)9(11(15)16)6-7(2)12/h7,12H,3-6H2,1-2H3,(H,13,14)(H,15,16)/b9-8-. The number of carboxylic acid groups (broad SMARTS) is 2. The highest BCUT2D eigenvalue weighted by Gasteiger charge is 2.20. The normalized spacial score (nSPS) is 14.2. The molecular weight excluding hydrogens is 212 g/mol. The summed E-state index contributed by atoms with van der Waals surface area (Å²) in [5, 5.41) is 27.0. The summed E-state index contributed by atoms with van der Waals surface area (Å²) < 4.78 is 0. The number of carbonyl (C=O) groups is 2. The molecule has 0 aliphatic carbocycles. The second-order valence-corrected chi connectivity index (χ2v) is 3.72. The smallest absolute Gasteiger partial charge is 0.332 e. The predicted molar refractivity (Wildman–Crippen MR) is 58.1 cm³/mol. The van der Waals surface area contributed by atoms with Gasteiger partial charge in [0.15, 0.2) is 0 Å². The lowest BCUT2D eigenvalue weighted by molar-refractivity contribution is -0.136. The van der Waals surface area contributed by atoms with E-state index in [-0.39, 0.29) is 24.0 Å². The highest BCUT2D eigenvalue weighted by Crippen LogP contribution is 2.18. The Bertz CT molecular complexity index is 291. The molecule has 0 aromatic rings. The van der Waals surface area contributed by atoms with E-state index >= 15 is 0 Å². The Kier molecular flexibility index (Phi) is 6.41. The largest absolute Gasteiger partial charge is 0.478 e. The molecule has 0 bridgehead atoms. The van der Waals surface area contributed by atoms with Crippen LogP contribution in [0.25, 0.3) is 0 Å². The molecule has 0 amide bonds. The van der Waals surface area contributed by atoms with E-state index in [0.717, 1.165) is 6.42 Å². The van der Waals surface area contributed by atoms with Crippen molar-refractivity contribution in [2.24, 2.45) is 0 Å². The summed E-state index contributed by atoms with van der Waals surface area (Å²) in [5.74, 6) is -2.49. The van der Waals surface area contributed by atoms with Crippen LogP contribution in [0.3, 0.4) is 0 Å². The molecule has 3 N–H and O–H groups in total. The lowest BCUT2D eigenvalue weighted by Crippen LogP contribution is -2.15. The Labute approximate surface area is 94.4 Å².